The molecule has 0 atom stereocenters. The Balaban J connectivity index is 1.44. The number of nitrogens with one attached hydrogen (secondary N) is 1. The zero-order valence-corrected chi connectivity index (χ0v) is 16.5. The van der Waals surface area contributed by atoms with Gasteiger partial charge in [-0.2, -0.15) is 0 Å². The Morgan fingerprint density at radius 3 is 2.15 bits per heavy atom. The lowest BCUT2D eigenvalue weighted by Crippen LogP contribution is -2.48. The first-order valence-corrected chi connectivity index (χ1v) is 9.57. The van der Waals surface area contributed by atoms with Crippen LogP contribution in [-0.2, 0) is 11.3 Å². The van der Waals surface area contributed by atoms with Gasteiger partial charge in [-0.25, -0.2) is 0 Å². The van der Waals surface area contributed by atoms with Crippen molar-refractivity contribution < 1.29 is 4.79 Å². The monoisotopic (exact) mass is 411 g/mol. The third kappa shape index (κ3) is 5.60. The minimum absolute atomic E-state index is 0.0691. The third-order valence-corrected chi connectivity index (χ3v) is 5.16. The zero-order chi connectivity index (χ0) is 18.5. The van der Waals surface area contributed by atoms with E-state index in [1.54, 1.807) is 18.2 Å². The van der Waals surface area contributed by atoms with E-state index in [0.717, 1.165) is 37.7 Å². The number of carbonyl (C=O) groups excluding carboxylic acids is 1. The third-order valence-electron chi connectivity index (χ3n) is 4.36. The van der Waals surface area contributed by atoms with E-state index in [0.29, 0.717) is 22.3 Å². The van der Waals surface area contributed by atoms with E-state index in [2.05, 4.69) is 27.2 Å². The molecule has 0 unspecified atom stereocenters. The molecule has 1 amide bonds. The number of carbonyl (C=O) groups is 1. The molecule has 0 spiro atoms. The first-order valence-electron chi connectivity index (χ1n) is 8.43. The zero-order valence-electron chi connectivity index (χ0n) is 14.2. The highest BCUT2D eigenvalue weighted by atomic mass is 35.5. The van der Waals surface area contributed by atoms with E-state index in [1.807, 2.05) is 12.1 Å². The molecule has 1 fully saturated rings. The number of nitrogens with zero attached hydrogens (tertiary/aromatic N) is 2. The summed E-state index contributed by atoms with van der Waals surface area (Å²) in [5.74, 6) is -0.0691. The van der Waals surface area contributed by atoms with Crippen molar-refractivity contribution in [3.05, 3.63) is 63.1 Å². The fourth-order valence-electron chi connectivity index (χ4n) is 2.94. The molecule has 1 N–H and O–H groups in total. The van der Waals surface area contributed by atoms with Gasteiger partial charge in [0.1, 0.15) is 0 Å². The predicted octanol–water partition coefficient (Wildman–Crippen LogP) is 4.40. The lowest BCUT2D eigenvalue weighted by molar-refractivity contribution is -0.117. The van der Waals surface area contributed by atoms with Crippen molar-refractivity contribution in [1.29, 1.82) is 0 Å². The topological polar surface area (TPSA) is 35.6 Å². The van der Waals surface area contributed by atoms with Gasteiger partial charge >= 0.3 is 0 Å². The van der Waals surface area contributed by atoms with Crippen LogP contribution in [0, 0.1) is 0 Å². The largest absolute Gasteiger partial charge is 0.324 e. The van der Waals surface area contributed by atoms with E-state index in [9.17, 15) is 4.79 Å². The van der Waals surface area contributed by atoms with E-state index in [1.165, 1.54) is 5.56 Å². The van der Waals surface area contributed by atoms with Crippen LogP contribution in [0.5, 0.6) is 0 Å². The summed E-state index contributed by atoms with van der Waals surface area (Å²) in [6, 6.07) is 13.0. The molecule has 0 radical (unpaired) electrons. The molecule has 2 aromatic rings. The van der Waals surface area contributed by atoms with Gasteiger partial charge in [-0.1, -0.05) is 46.9 Å². The highest BCUT2D eigenvalue weighted by Crippen LogP contribution is 2.25. The maximum absolute atomic E-state index is 12.3. The molecule has 26 heavy (non-hydrogen) atoms. The number of anilines is 1. The minimum Gasteiger partial charge on any atom is -0.324 e. The first kappa shape index (κ1) is 19.5. The van der Waals surface area contributed by atoms with Gasteiger partial charge in [0, 0.05) is 42.8 Å². The van der Waals surface area contributed by atoms with Crippen LogP contribution in [0.25, 0.3) is 0 Å². The van der Waals surface area contributed by atoms with Gasteiger partial charge in [-0.3, -0.25) is 14.6 Å². The number of piperazine rings is 1. The van der Waals surface area contributed by atoms with E-state index in [4.69, 9.17) is 34.8 Å². The van der Waals surface area contributed by atoms with Crippen LogP contribution in [0.1, 0.15) is 5.56 Å². The van der Waals surface area contributed by atoms with Crippen molar-refractivity contribution in [2.45, 2.75) is 6.54 Å². The Kier molecular flexibility index (Phi) is 6.79. The number of benzene rings is 2. The van der Waals surface area contributed by atoms with Gasteiger partial charge in [0.05, 0.1) is 17.3 Å². The Morgan fingerprint density at radius 1 is 0.885 bits per heavy atom. The molecule has 138 valence electrons. The fraction of sp³-hybridized carbons (Fsp3) is 0.316. The summed E-state index contributed by atoms with van der Waals surface area (Å²) in [5.41, 5.74) is 1.83. The SMILES string of the molecule is O=C(CN1CCN(Cc2ccc(Cl)cc2)CC1)Nc1ccc(Cl)cc1Cl. The van der Waals surface area contributed by atoms with Gasteiger partial charge in [0.25, 0.3) is 0 Å². The molecule has 1 aliphatic rings. The lowest BCUT2D eigenvalue weighted by atomic mass is 10.2. The molecular formula is C19H20Cl3N3O. The van der Waals surface area contributed by atoms with Gasteiger partial charge in [0.15, 0.2) is 0 Å². The van der Waals surface area contributed by atoms with Gasteiger partial charge in [-0.15, -0.1) is 0 Å². The number of halogens is 3. The molecule has 4 nitrogen and oxygen atoms in total. The second-order valence-corrected chi connectivity index (χ2v) is 7.63. The van der Waals surface area contributed by atoms with Gasteiger partial charge in [-0.05, 0) is 35.9 Å². The maximum atomic E-state index is 12.3. The lowest BCUT2D eigenvalue weighted by Gasteiger charge is -2.34. The molecule has 2 aromatic carbocycles. The molecule has 0 aliphatic carbocycles. The number of hydrogen-bond donors (Lipinski definition) is 1. The molecular weight excluding hydrogens is 393 g/mol. The van der Waals surface area contributed by atoms with Crippen molar-refractivity contribution in [1.82, 2.24) is 9.80 Å². The molecule has 0 bridgehead atoms. The molecule has 7 heteroatoms. The minimum atomic E-state index is -0.0691. The van der Waals surface area contributed by atoms with Gasteiger partial charge < -0.3 is 5.32 Å². The van der Waals surface area contributed by atoms with Gasteiger partial charge in [0.2, 0.25) is 5.91 Å². The van der Waals surface area contributed by atoms with Crippen molar-refractivity contribution >= 4 is 46.4 Å². The van der Waals surface area contributed by atoms with Crippen LogP contribution < -0.4 is 5.32 Å². The molecule has 0 saturated carbocycles. The van der Waals surface area contributed by atoms with Crippen LogP contribution in [0.3, 0.4) is 0 Å². The summed E-state index contributed by atoms with van der Waals surface area (Å²) >= 11 is 17.9. The van der Waals surface area contributed by atoms with Crippen molar-refractivity contribution in [3.8, 4) is 0 Å². The summed E-state index contributed by atoms with van der Waals surface area (Å²) in [6.07, 6.45) is 0. The predicted molar refractivity (Wildman–Crippen MR) is 108 cm³/mol. The Morgan fingerprint density at radius 2 is 1.50 bits per heavy atom. The average molecular weight is 413 g/mol. The first-order chi connectivity index (χ1) is 12.5. The van der Waals surface area contributed by atoms with Crippen LogP contribution in [-0.4, -0.2) is 48.4 Å². The number of hydrogen-bond acceptors (Lipinski definition) is 3. The normalized spacial score (nSPS) is 15.8. The van der Waals surface area contributed by atoms with Crippen LogP contribution in [0.4, 0.5) is 5.69 Å². The number of amides is 1. The van der Waals surface area contributed by atoms with E-state index >= 15 is 0 Å². The summed E-state index contributed by atoms with van der Waals surface area (Å²) in [6.45, 7) is 4.82. The molecule has 3 rings (SSSR count). The highest BCUT2D eigenvalue weighted by molar-refractivity contribution is 6.36. The van der Waals surface area contributed by atoms with Crippen LogP contribution in [0.15, 0.2) is 42.5 Å². The Hall–Kier alpha value is -1.30. The second-order valence-electron chi connectivity index (χ2n) is 6.35. The molecule has 1 aliphatic heterocycles. The standard InChI is InChI=1S/C19H20Cl3N3O/c20-15-3-1-14(2-4-15)12-24-7-9-25(10-8-24)13-19(26)23-18-6-5-16(21)11-17(18)22/h1-6,11H,7-10,12-13H2,(H,23,26). The summed E-state index contributed by atoms with van der Waals surface area (Å²) in [7, 11) is 0. The fourth-order valence-corrected chi connectivity index (χ4v) is 3.52. The molecule has 1 heterocycles. The summed E-state index contributed by atoms with van der Waals surface area (Å²) in [4.78, 5) is 16.8. The Bertz CT molecular complexity index is 759. The quantitative estimate of drug-likeness (QED) is 0.790. The van der Waals surface area contributed by atoms with Crippen molar-refractivity contribution in [2.24, 2.45) is 0 Å². The maximum Gasteiger partial charge on any atom is 0.238 e. The molecule has 0 aromatic heterocycles. The highest BCUT2D eigenvalue weighted by Gasteiger charge is 2.19. The summed E-state index contributed by atoms with van der Waals surface area (Å²) < 4.78 is 0. The van der Waals surface area contributed by atoms with Crippen molar-refractivity contribution in [2.75, 3.05) is 38.0 Å². The summed E-state index contributed by atoms with van der Waals surface area (Å²) in [5, 5.41) is 4.59. The number of rotatable bonds is 5. The Labute approximate surface area is 168 Å². The average Bonchev–Trinajstić information content (AvgIpc) is 2.61. The van der Waals surface area contributed by atoms with E-state index in [-0.39, 0.29) is 5.91 Å². The van der Waals surface area contributed by atoms with Crippen molar-refractivity contribution in [3.63, 3.8) is 0 Å². The van der Waals surface area contributed by atoms with Crippen LogP contribution >= 0.6 is 34.8 Å². The molecule has 1 saturated heterocycles. The van der Waals surface area contributed by atoms with Crippen LogP contribution in [0.2, 0.25) is 15.1 Å². The smallest absolute Gasteiger partial charge is 0.238 e. The van der Waals surface area contributed by atoms with E-state index < -0.39 is 0 Å². The second kappa shape index (κ2) is 9.07.